The monoisotopic (exact) mass is 409 g/mol. The van der Waals surface area contributed by atoms with Crippen LogP contribution in [0.25, 0.3) is 11.4 Å². The molecule has 4 rings (SSSR count). The Morgan fingerprint density at radius 2 is 2.03 bits per heavy atom. The second kappa shape index (κ2) is 7.67. The Balaban J connectivity index is 1.48. The maximum absolute atomic E-state index is 12.8. The fraction of sp³-hybridized carbons (Fsp3) is 0.238. The van der Waals surface area contributed by atoms with E-state index >= 15 is 0 Å². The number of halogens is 1. The first kappa shape index (κ1) is 19.1. The number of aromatic nitrogens is 3. The van der Waals surface area contributed by atoms with Crippen LogP contribution in [-0.4, -0.2) is 33.4 Å². The second-order valence-corrected chi connectivity index (χ2v) is 7.45. The van der Waals surface area contributed by atoms with Crippen LogP contribution in [0.5, 0.6) is 0 Å². The predicted molar refractivity (Wildman–Crippen MR) is 113 cm³/mol. The first-order valence-corrected chi connectivity index (χ1v) is 9.67. The average molecular weight is 410 g/mol. The van der Waals surface area contributed by atoms with Gasteiger partial charge in [0.2, 0.25) is 5.91 Å². The summed E-state index contributed by atoms with van der Waals surface area (Å²) in [5.74, 6) is 1.05. The van der Waals surface area contributed by atoms with Crippen molar-refractivity contribution in [3.63, 3.8) is 0 Å². The number of pyridine rings is 1. The third kappa shape index (κ3) is 3.86. The smallest absolute Gasteiger partial charge is 0.254 e. The number of carbonyl (C=O) groups excluding carboxylic acids is 1. The number of aryl methyl sites for hydroxylation is 1. The number of rotatable bonds is 4. The highest BCUT2D eigenvalue weighted by Crippen LogP contribution is 2.26. The van der Waals surface area contributed by atoms with E-state index in [4.69, 9.17) is 11.6 Å². The fourth-order valence-corrected chi connectivity index (χ4v) is 3.48. The summed E-state index contributed by atoms with van der Waals surface area (Å²) in [7, 11) is 0. The summed E-state index contributed by atoms with van der Waals surface area (Å²) < 4.78 is 0. The van der Waals surface area contributed by atoms with Crippen molar-refractivity contribution in [3.8, 4) is 11.4 Å². The zero-order valence-corrected chi connectivity index (χ0v) is 16.8. The Morgan fingerprint density at radius 3 is 2.72 bits per heavy atom. The molecule has 0 bridgehead atoms. The number of H-pyrrole nitrogens is 1. The van der Waals surface area contributed by atoms with Gasteiger partial charge in [0.25, 0.3) is 5.56 Å². The van der Waals surface area contributed by atoms with Crippen molar-refractivity contribution in [2.75, 3.05) is 16.8 Å². The van der Waals surface area contributed by atoms with Crippen LogP contribution in [0.1, 0.15) is 17.7 Å². The van der Waals surface area contributed by atoms with Crippen molar-refractivity contribution in [2.24, 2.45) is 0 Å². The van der Waals surface area contributed by atoms with E-state index in [1.54, 1.807) is 43.1 Å². The molecule has 1 saturated heterocycles. The van der Waals surface area contributed by atoms with Crippen molar-refractivity contribution in [1.29, 1.82) is 0 Å². The fourth-order valence-electron chi connectivity index (χ4n) is 3.29. The van der Waals surface area contributed by atoms with Crippen LogP contribution >= 0.6 is 11.6 Å². The van der Waals surface area contributed by atoms with Crippen LogP contribution in [0.4, 0.5) is 11.5 Å². The van der Waals surface area contributed by atoms with Crippen molar-refractivity contribution < 1.29 is 4.79 Å². The summed E-state index contributed by atoms with van der Waals surface area (Å²) in [6.45, 7) is 4.15. The summed E-state index contributed by atoms with van der Waals surface area (Å²) >= 11 is 6.04. The molecule has 0 radical (unpaired) electrons. The van der Waals surface area contributed by atoms with E-state index in [0.29, 0.717) is 46.5 Å². The van der Waals surface area contributed by atoms with E-state index in [-0.39, 0.29) is 17.5 Å². The van der Waals surface area contributed by atoms with Gasteiger partial charge < -0.3 is 15.2 Å². The van der Waals surface area contributed by atoms with Crippen LogP contribution in [-0.2, 0) is 4.79 Å². The molecular formula is C21H20ClN5O2. The molecule has 1 aromatic carbocycles. The van der Waals surface area contributed by atoms with E-state index in [2.05, 4.69) is 20.3 Å². The molecule has 3 aromatic rings. The van der Waals surface area contributed by atoms with Crippen LogP contribution in [0.15, 0.2) is 47.4 Å². The molecule has 1 unspecified atom stereocenters. The molecule has 1 aliphatic rings. The minimum absolute atomic E-state index is 0.0155. The Bertz CT molecular complexity index is 1130. The van der Waals surface area contributed by atoms with Gasteiger partial charge in [-0.15, -0.1) is 0 Å². The van der Waals surface area contributed by atoms with E-state index in [0.717, 1.165) is 5.69 Å². The van der Waals surface area contributed by atoms with Gasteiger partial charge in [-0.1, -0.05) is 17.7 Å². The molecule has 1 aliphatic heterocycles. The molecule has 1 atom stereocenters. The first-order chi connectivity index (χ1) is 13.9. The van der Waals surface area contributed by atoms with Crippen molar-refractivity contribution in [1.82, 2.24) is 15.0 Å². The Kier molecular flexibility index (Phi) is 5.07. The van der Waals surface area contributed by atoms with Crippen LogP contribution < -0.4 is 15.8 Å². The van der Waals surface area contributed by atoms with E-state index < -0.39 is 0 Å². The molecule has 148 valence electrons. The van der Waals surface area contributed by atoms with Crippen LogP contribution in [0.3, 0.4) is 0 Å². The van der Waals surface area contributed by atoms with E-state index in [1.807, 2.05) is 18.2 Å². The Morgan fingerprint density at radius 1 is 1.21 bits per heavy atom. The van der Waals surface area contributed by atoms with Gasteiger partial charge in [-0.25, -0.2) is 9.97 Å². The quantitative estimate of drug-likeness (QED) is 0.689. The molecule has 7 nitrogen and oxygen atoms in total. The van der Waals surface area contributed by atoms with Gasteiger partial charge in [0, 0.05) is 40.3 Å². The molecule has 8 heteroatoms. The van der Waals surface area contributed by atoms with Crippen LogP contribution in [0.2, 0.25) is 5.02 Å². The number of hydrogen-bond acceptors (Lipinski definition) is 5. The number of carbonyl (C=O) groups is 1. The standard InChI is InChI=1S/C21H20ClN5O2/c1-12-13(2)24-19(26-20(12)28)14-6-7-18(23-11-14)25-17-8-9-27(21(17)29)16-5-3-4-15(22)10-16/h3-7,10-11,17H,8-9H2,1-2H3,(H,23,25)(H,24,26,28). The molecule has 2 N–H and O–H groups in total. The van der Waals surface area contributed by atoms with Gasteiger partial charge in [-0.2, -0.15) is 0 Å². The zero-order valence-electron chi connectivity index (χ0n) is 16.1. The van der Waals surface area contributed by atoms with E-state index in [9.17, 15) is 9.59 Å². The lowest BCUT2D eigenvalue weighted by Gasteiger charge is -2.17. The van der Waals surface area contributed by atoms with Crippen molar-refractivity contribution >= 4 is 29.0 Å². The number of nitrogens with one attached hydrogen (secondary N) is 2. The lowest BCUT2D eigenvalue weighted by atomic mass is 10.2. The summed E-state index contributed by atoms with van der Waals surface area (Å²) in [6.07, 6.45) is 2.30. The minimum atomic E-state index is -0.355. The highest BCUT2D eigenvalue weighted by molar-refractivity contribution is 6.31. The maximum Gasteiger partial charge on any atom is 0.254 e. The topological polar surface area (TPSA) is 91.0 Å². The number of nitrogens with zero attached hydrogens (tertiary/aromatic N) is 3. The molecule has 1 fully saturated rings. The summed E-state index contributed by atoms with van der Waals surface area (Å²) in [5.41, 5.74) is 2.62. The highest BCUT2D eigenvalue weighted by atomic mass is 35.5. The summed E-state index contributed by atoms with van der Waals surface area (Å²) in [6, 6.07) is 10.5. The maximum atomic E-state index is 12.8. The first-order valence-electron chi connectivity index (χ1n) is 9.30. The minimum Gasteiger partial charge on any atom is -0.358 e. The Labute approximate surface area is 172 Å². The van der Waals surface area contributed by atoms with Crippen LogP contribution in [0, 0.1) is 13.8 Å². The van der Waals surface area contributed by atoms with Crippen molar-refractivity contribution in [3.05, 3.63) is 69.2 Å². The lowest BCUT2D eigenvalue weighted by Crippen LogP contribution is -2.33. The highest BCUT2D eigenvalue weighted by Gasteiger charge is 2.32. The largest absolute Gasteiger partial charge is 0.358 e. The molecule has 1 amide bonds. The SMILES string of the molecule is Cc1nc(-c2ccc(NC3CCN(c4cccc(Cl)c4)C3=O)nc2)[nH]c(=O)c1C. The lowest BCUT2D eigenvalue weighted by molar-refractivity contribution is -0.117. The molecule has 29 heavy (non-hydrogen) atoms. The molecular weight excluding hydrogens is 390 g/mol. The molecule has 2 aromatic heterocycles. The summed E-state index contributed by atoms with van der Waals surface area (Å²) in [5, 5.41) is 3.79. The zero-order chi connectivity index (χ0) is 20.5. The normalized spacial score (nSPS) is 16.3. The van der Waals surface area contributed by atoms with Gasteiger partial charge in [0.15, 0.2) is 0 Å². The molecule has 0 saturated carbocycles. The van der Waals surface area contributed by atoms with Gasteiger partial charge in [-0.3, -0.25) is 9.59 Å². The van der Waals surface area contributed by atoms with Gasteiger partial charge in [0.05, 0.1) is 0 Å². The number of hydrogen-bond donors (Lipinski definition) is 2. The number of amides is 1. The average Bonchev–Trinajstić information content (AvgIpc) is 3.06. The molecule has 0 spiro atoms. The number of aromatic amines is 1. The third-order valence-corrected chi connectivity index (χ3v) is 5.31. The molecule has 0 aliphatic carbocycles. The van der Waals surface area contributed by atoms with Gasteiger partial charge in [0.1, 0.15) is 17.7 Å². The second-order valence-electron chi connectivity index (χ2n) is 7.01. The Hall–Kier alpha value is -3.19. The molecule has 3 heterocycles. The van der Waals surface area contributed by atoms with Crippen molar-refractivity contribution in [2.45, 2.75) is 26.3 Å². The van der Waals surface area contributed by atoms with E-state index in [1.165, 1.54) is 0 Å². The number of benzene rings is 1. The third-order valence-electron chi connectivity index (χ3n) is 5.08. The van der Waals surface area contributed by atoms with Gasteiger partial charge in [-0.05, 0) is 50.6 Å². The van der Waals surface area contributed by atoms with Gasteiger partial charge >= 0.3 is 0 Å². The predicted octanol–water partition coefficient (Wildman–Crippen LogP) is 3.32. The summed E-state index contributed by atoms with van der Waals surface area (Å²) in [4.78, 5) is 38.0. The number of anilines is 2.